The Morgan fingerprint density at radius 3 is 2.79 bits per heavy atom. The van der Waals surface area contributed by atoms with Crippen LogP contribution in [0.1, 0.15) is 16.1 Å². The number of imidazole rings is 1. The van der Waals surface area contributed by atoms with Crippen molar-refractivity contribution in [1.82, 2.24) is 19.2 Å². The van der Waals surface area contributed by atoms with E-state index in [0.717, 1.165) is 33.5 Å². The van der Waals surface area contributed by atoms with Gasteiger partial charge in [-0.05, 0) is 42.8 Å². The molecule has 0 aliphatic heterocycles. The molecule has 0 aliphatic carbocycles. The summed E-state index contributed by atoms with van der Waals surface area (Å²) in [6, 6.07) is 19.6. The average Bonchev–Trinajstić information content (AvgIpc) is 3.34. The molecular formula is C22H17N5O. The normalized spacial score (nSPS) is 11.2. The number of hydrogen-bond acceptors (Lipinski definition) is 3. The van der Waals surface area contributed by atoms with Gasteiger partial charge in [0.05, 0.1) is 23.6 Å². The van der Waals surface area contributed by atoms with Gasteiger partial charge in [0.2, 0.25) is 0 Å². The molecule has 6 heteroatoms. The Bertz CT molecular complexity index is 1330. The van der Waals surface area contributed by atoms with Gasteiger partial charge in [0.1, 0.15) is 11.3 Å². The van der Waals surface area contributed by atoms with Crippen LogP contribution >= 0.6 is 0 Å². The van der Waals surface area contributed by atoms with Crippen LogP contribution in [-0.2, 0) is 0 Å². The zero-order chi connectivity index (χ0) is 19.1. The summed E-state index contributed by atoms with van der Waals surface area (Å²) >= 11 is 0. The van der Waals surface area contributed by atoms with Gasteiger partial charge >= 0.3 is 0 Å². The number of fused-ring (bicyclic) bond motifs is 2. The molecule has 2 aromatic carbocycles. The first kappa shape index (κ1) is 16.3. The molecule has 5 rings (SSSR count). The molecule has 0 saturated heterocycles. The van der Waals surface area contributed by atoms with Gasteiger partial charge < -0.3 is 5.32 Å². The van der Waals surface area contributed by atoms with Crippen LogP contribution in [0, 0.1) is 6.92 Å². The first-order valence-corrected chi connectivity index (χ1v) is 8.98. The predicted molar refractivity (Wildman–Crippen MR) is 109 cm³/mol. The maximum atomic E-state index is 12.9. The highest BCUT2D eigenvalue weighted by atomic mass is 16.1. The van der Waals surface area contributed by atoms with E-state index >= 15 is 0 Å². The van der Waals surface area contributed by atoms with Crippen molar-refractivity contribution in [3.63, 3.8) is 0 Å². The number of anilines is 1. The molecule has 0 radical (unpaired) electrons. The molecule has 3 heterocycles. The number of hydrogen-bond donors (Lipinski definition) is 1. The van der Waals surface area contributed by atoms with Crippen LogP contribution in [-0.4, -0.2) is 25.1 Å². The van der Waals surface area contributed by atoms with Gasteiger partial charge in [-0.25, -0.2) is 9.67 Å². The number of nitrogens with one attached hydrogen (secondary N) is 1. The lowest BCUT2D eigenvalue weighted by atomic mass is 10.1. The molecule has 1 N–H and O–H groups in total. The lowest BCUT2D eigenvalue weighted by Gasteiger charge is -2.11. The second-order valence-corrected chi connectivity index (χ2v) is 6.64. The zero-order valence-electron chi connectivity index (χ0n) is 15.2. The third-order valence-corrected chi connectivity index (χ3v) is 4.84. The lowest BCUT2D eigenvalue weighted by Crippen LogP contribution is -2.15. The average molecular weight is 367 g/mol. The minimum atomic E-state index is -0.204. The molecule has 0 bridgehead atoms. The van der Waals surface area contributed by atoms with Crippen molar-refractivity contribution in [3.8, 4) is 5.69 Å². The number of carbonyl (C=O) groups is 1. The first-order valence-electron chi connectivity index (χ1n) is 8.98. The van der Waals surface area contributed by atoms with Crippen molar-refractivity contribution >= 4 is 28.1 Å². The fraction of sp³-hybridized carbons (Fsp3) is 0.0455. The van der Waals surface area contributed by atoms with Gasteiger partial charge in [0.15, 0.2) is 0 Å². The van der Waals surface area contributed by atoms with E-state index in [4.69, 9.17) is 0 Å². The Balaban J connectivity index is 1.52. The van der Waals surface area contributed by atoms with E-state index in [9.17, 15) is 4.79 Å². The predicted octanol–water partition coefficient (Wildman–Crippen LogP) is 4.23. The fourth-order valence-electron chi connectivity index (χ4n) is 3.34. The van der Waals surface area contributed by atoms with E-state index < -0.39 is 0 Å². The lowest BCUT2D eigenvalue weighted by molar-refractivity contribution is 0.102. The number of para-hydroxylation sites is 1. The van der Waals surface area contributed by atoms with Crippen LogP contribution in [0.3, 0.4) is 0 Å². The number of amides is 1. The highest BCUT2D eigenvalue weighted by Crippen LogP contribution is 2.23. The number of rotatable bonds is 3. The topological polar surface area (TPSA) is 64.2 Å². The summed E-state index contributed by atoms with van der Waals surface area (Å²) in [5.41, 5.74) is 4.85. The van der Waals surface area contributed by atoms with Crippen LogP contribution in [0.4, 0.5) is 5.69 Å². The molecule has 0 atom stereocenters. The van der Waals surface area contributed by atoms with E-state index in [1.54, 1.807) is 10.6 Å². The maximum absolute atomic E-state index is 12.9. The Labute approximate surface area is 161 Å². The zero-order valence-corrected chi connectivity index (χ0v) is 15.2. The van der Waals surface area contributed by atoms with Gasteiger partial charge in [-0.1, -0.05) is 30.3 Å². The third kappa shape index (κ3) is 2.63. The van der Waals surface area contributed by atoms with E-state index in [-0.39, 0.29) is 5.91 Å². The summed E-state index contributed by atoms with van der Waals surface area (Å²) in [4.78, 5) is 17.1. The van der Waals surface area contributed by atoms with Gasteiger partial charge in [-0.15, -0.1) is 0 Å². The first-order chi connectivity index (χ1) is 13.7. The van der Waals surface area contributed by atoms with Crippen LogP contribution < -0.4 is 5.32 Å². The van der Waals surface area contributed by atoms with Crippen LogP contribution in [0.15, 0.2) is 79.3 Å². The Morgan fingerprint density at radius 1 is 1.00 bits per heavy atom. The Hall–Kier alpha value is -3.93. The Kier molecular flexibility index (Phi) is 3.69. The summed E-state index contributed by atoms with van der Waals surface area (Å²) < 4.78 is 3.65. The van der Waals surface area contributed by atoms with Crippen molar-refractivity contribution in [2.45, 2.75) is 6.92 Å². The molecule has 0 fully saturated rings. The quantitative estimate of drug-likeness (QED) is 0.519. The van der Waals surface area contributed by atoms with Crippen molar-refractivity contribution in [2.75, 3.05) is 5.32 Å². The number of aromatic nitrogens is 4. The molecule has 28 heavy (non-hydrogen) atoms. The Morgan fingerprint density at radius 2 is 1.86 bits per heavy atom. The molecule has 0 saturated carbocycles. The number of benzene rings is 2. The van der Waals surface area contributed by atoms with Gasteiger partial charge in [0.25, 0.3) is 5.91 Å². The van der Waals surface area contributed by atoms with Gasteiger partial charge in [-0.3, -0.25) is 9.20 Å². The minimum absolute atomic E-state index is 0.204. The van der Waals surface area contributed by atoms with E-state index in [1.807, 2.05) is 84.7 Å². The summed E-state index contributed by atoms with van der Waals surface area (Å²) in [7, 11) is 0. The summed E-state index contributed by atoms with van der Waals surface area (Å²) in [6.45, 7) is 1.97. The molecule has 6 nitrogen and oxygen atoms in total. The molecule has 136 valence electrons. The number of pyridine rings is 1. The standard InChI is InChI=1S/C22H17N5O/c1-15-9-10-17(27-19-7-3-2-6-16(19)13-24-27)12-18(15)25-22(28)20-14-23-21-8-4-5-11-26(20)21/h2-14H,1H3,(H,25,28). The number of nitrogens with zero attached hydrogens (tertiary/aromatic N) is 4. The summed E-state index contributed by atoms with van der Waals surface area (Å²) in [5.74, 6) is -0.204. The second kappa shape index (κ2) is 6.35. The van der Waals surface area contributed by atoms with Crippen LogP contribution in [0.25, 0.3) is 22.2 Å². The number of aryl methyl sites for hydroxylation is 1. The van der Waals surface area contributed by atoms with Crippen LogP contribution in [0.5, 0.6) is 0 Å². The van der Waals surface area contributed by atoms with Crippen molar-refractivity contribution in [2.24, 2.45) is 0 Å². The van der Waals surface area contributed by atoms with Gasteiger partial charge in [-0.2, -0.15) is 5.10 Å². The molecule has 1 amide bonds. The highest BCUT2D eigenvalue weighted by molar-refractivity contribution is 6.04. The second-order valence-electron chi connectivity index (χ2n) is 6.64. The minimum Gasteiger partial charge on any atom is -0.320 e. The van der Waals surface area contributed by atoms with Crippen LogP contribution in [0.2, 0.25) is 0 Å². The molecule has 5 aromatic rings. The maximum Gasteiger partial charge on any atom is 0.274 e. The van der Waals surface area contributed by atoms with Crippen molar-refractivity contribution < 1.29 is 4.79 Å². The van der Waals surface area contributed by atoms with Gasteiger partial charge in [0, 0.05) is 17.3 Å². The van der Waals surface area contributed by atoms with E-state index in [0.29, 0.717) is 5.69 Å². The third-order valence-electron chi connectivity index (χ3n) is 4.84. The largest absolute Gasteiger partial charge is 0.320 e. The van der Waals surface area contributed by atoms with E-state index in [2.05, 4.69) is 15.4 Å². The highest BCUT2D eigenvalue weighted by Gasteiger charge is 2.14. The molecular weight excluding hydrogens is 350 g/mol. The SMILES string of the molecule is Cc1ccc(-n2ncc3ccccc32)cc1NC(=O)c1cnc2ccccn12. The van der Waals surface area contributed by atoms with Crippen molar-refractivity contribution in [1.29, 1.82) is 0 Å². The number of carbonyl (C=O) groups excluding carboxylic acids is 1. The smallest absolute Gasteiger partial charge is 0.274 e. The monoisotopic (exact) mass is 367 g/mol. The summed E-state index contributed by atoms with van der Waals surface area (Å²) in [5, 5.41) is 8.58. The summed E-state index contributed by atoms with van der Waals surface area (Å²) in [6.07, 6.45) is 5.26. The molecule has 0 unspecified atom stereocenters. The molecule has 0 spiro atoms. The van der Waals surface area contributed by atoms with Crippen molar-refractivity contribution in [3.05, 3.63) is 90.5 Å². The molecule has 3 aromatic heterocycles. The molecule has 0 aliphatic rings. The fourth-order valence-corrected chi connectivity index (χ4v) is 3.34. The van der Waals surface area contributed by atoms with E-state index in [1.165, 1.54) is 0 Å².